The molecule has 0 aromatic heterocycles. The van der Waals surface area contributed by atoms with Crippen molar-refractivity contribution < 1.29 is 4.74 Å². The molecule has 20 heavy (non-hydrogen) atoms. The second kappa shape index (κ2) is 6.76. The van der Waals surface area contributed by atoms with E-state index in [4.69, 9.17) is 4.74 Å². The minimum atomic E-state index is 0.198. The first kappa shape index (κ1) is 16.3. The lowest BCUT2D eigenvalue weighted by atomic mass is 9.85. The Morgan fingerprint density at radius 2 is 2.05 bits per heavy atom. The third-order valence-electron chi connectivity index (χ3n) is 4.58. The highest BCUT2D eigenvalue weighted by atomic mass is 16.5. The van der Waals surface area contributed by atoms with Crippen molar-refractivity contribution >= 4 is 0 Å². The Labute approximate surface area is 125 Å². The second-order valence-electron chi connectivity index (χ2n) is 7.96. The van der Waals surface area contributed by atoms with E-state index in [2.05, 4.69) is 37.9 Å². The zero-order valence-electron chi connectivity index (χ0n) is 14.0. The molecule has 0 amide bonds. The van der Waals surface area contributed by atoms with E-state index in [0.29, 0.717) is 5.41 Å². The first-order chi connectivity index (χ1) is 9.44. The summed E-state index contributed by atoms with van der Waals surface area (Å²) in [7, 11) is 0. The zero-order valence-corrected chi connectivity index (χ0v) is 14.0. The topological polar surface area (TPSA) is 24.5 Å². The smallest absolute Gasteiger partial charge is 0.0547 e. The van der Waals surface area contributed by atoms with Gasteiger partial charge in [-0.2, -0.15) is 0 Å². The Morgan fingerprint density at radius 1 is 1.30 bits per heavy atom. The normalized spacial score (nSPS) is 27.4. The van der Waals surface area contributed by atoms with Crippen LogP contribution in [0.4, 0.5) is 0 Å². The lowest BCUT2D eigenvalue weighted by Crippen LogP contribution is -2.50. The molecule has 2 rings (SSSR count). The third kappa shape index (κ3) is 5.01. The molecule has 1 unspecified atom stereocenters. The molecule has 0 radical (unpaired) electrons. The SMILES string of the molecule is CCCCN(CC1(CNC(C)(C)C)CCOC1)C1CC1. The predicted octanol–water partition coefficient (Wildman–Crippen LogP) is 3.05. The minimum absolute atomic E-state index is 0.198. The number of unbranched alkanes of at least 4 members (excludes halogenated alkanes) is 1. The predicted molar refractivity (Wildman–Crippen MR) is 85.1 cm³/mol. The van der Waals surface area contributed by atoms with Gasteiger partial charge in [-0.25, -0.2) is 0 Å². The molecular formula is C17H34N2O. The van der Waals surface area contributed by atoms with Crippen molar-refractivity contribution in [1.82, 2.24) is 10.2 Å². The van der Waals surface area contributed by atoms with Crippen LogP contribution in [0.25, 0.3) is 0 Å². The lowest BCUT2D eigenvalue weighted by Gasteiger charge is -2.37. The summed E-state index contributed by atoms with van der Waals surface area (Å²) in [5.41, 5.74) is 0.535. The number of nitrogens with one attached hydrogen (secondary N) is 1. The van der Waals surface area contributed by atoms with Crippen LogP contribution in [0.1, 0.15) is 59.8 Å². The second-order valence-corrected chi connectivity index (χ2v) is 7.96. The number of hydrogen-bond acceptors (Lipinski definition) is 3. The van der Waals surface area contributed by atoms with Crippen molar-refractivity contribution in [3.8, 4) is 0 Å². The molecule has 1 atom stereocenters. The Bertz CT molecular complexity index is 288. The molecule has 1 saturated heterocycles. The molecular weight excluding hydrogens is 248 g/mol. The zero-order chi connectivity index (χ0) is 14.6. The average molecular weight is 282 g/mol. The van der Waals surface area contributed by atoms with Crippen LogP contribution < -0.4 is 5.32 Å². The summed E-state index contributed by atoms with van der Waals surface area (Å²) in [4.78, 5) is 2.75. The van der Waals surface area contributed by atoms with Crippen LogP contribution in [0, 0.1) is 5.41 Å². The van der Waals surface area contributed by atoms with E-state index in [1.807, 2.05) is 0 Å². The van der Waals surface area contributed by atoms with Gasteiger partial charge in [-0.05, 0) is 53.0 Å². The van der Waals surface area contributed by atoms with Crippen molar-refractivity contribution in [1.29, 1.82) is 0 Å². The van der Waals surface area contributed by atoms with E-state index in [-0.39, 0.29) is 5.54 Å². The van der Waals surface area contributed by atoms with E-state index < -0.39 is 0 Å². The summed E-state index contributed by atoms with van der Waals surface area (Å²) < 4.78 is 5.76. The Hall–Kier alpha value is -0.120. The van der Waals surface area contributed by atoms with E-state index in [1.165, 1.54) is 45.2 Å². The maximum absolute atomic E-state index is 5.76. The van der Waals surface area contributed by atoms with Crippen molar-refractivity contribution in [2.75, 3.05) is 32.8 Å². The average Bonchev–Trinajstić information content (AvgIpc) is 3.12. The van der Waals surface area contributed by atoms with Gasteiger partial charge < -0.3 is 10.1 Å². The van der Waals surface area contributed by atoms with Crippen LogP contribution in [0.5, 0.6) is 0 Å². The quantitative estimate of drug-likeness (QED) is 0.740. The monoisotopic (exact) mass is 282 g/mol. The number of hydrogen-bond donors (Lipinski definition) is 1. The largest absolute Gasteiger partial charge is 0.381 e. The van der Waals surface area contributed by atoms with Gasteiger partial charge in [0.15, 0.2) is 0 Å². The van der Waals surface area contributed by atoms with E-state index in [9.17, 15) is 0 Å². The third-order valence-corrected chi connectivity index (χ3v) is 4.58. The van der Waals surface area contributed by atoms with E-state index >= 15 is 0 Å². The van der Waals surface area contributed by atoms with Crippen LogP contribution >= 0.6 is 0 Å². The molecule has 3 nitrogen and oxygen atoms in total. The van der Waals surface area contributed by atoms with Gasteiger partial charge in [0.1, 0.15) is 0 Å². The Balaban J connectivity index is 1.92. The fraction of sp³-hybridized carbons (Fsp3) is 1.00. The highest BCUT2D eigenvalue weighted by Gasteiger charge is 2.40. The van der Waals surface area contributed by atoms with Crippen LogP contribution in [-0.2, 0) is 4.74 Å². The summed E-state index contributed by atoms with van der Waals surface area (Å²) in [5, 5.41) is 3.72. The van der Waals surface area contributed by atoms with Crippen molar-refractivity contribution in [2.24, 2.45) is 5.41 Å². The number of rotatable bonds is 8. The van der Waals surface area contributed by atoms with Crippen molar-refractivity contribution in [2.45, 2.75) is 71.4 Å². The van der Waals surface area contributed by atoms with Gasteiger partial charge >= 0.3 is 0 Å². The molecule has 1 N–H and O–H groups in total. The molecule has 2 fully saturated rings. The van der Waals surface area contributed by atoms with Crippen LogP contribution in [-0.4, -0.2) is 49.3 Å². The van der Waals surface area contributed by atoms with Gasteiger partial charge in [-0.3, -0.25) is 4.90 Å². The molecule has 1 aliphatic heterocycles. The first-order valence-corrected chi connectivity index (χ1v) is 8.51. The highest BCUT2D eigenvalue weighted by Crippen LogP contribution is 2.35. The van der Waals surface area contributed by atoms with E-state index in [0.717, 1.165) is 25.8 Å². The fourth-order valence-electron chi connectivity index (χ4n) is 3.04. The summed E-state index contributed by atoms with van der Waals surface area (Å²) in [5.74, 6) is 0. The maximum atomic E-state index is 5.76. The Morgan fingerprint density at radius 3 is 2.55 bits per heavy atom. The summed E-state index contributed by atoms with van der Waals surface area (Å²) in [6, 6.07) is 0.869. The first-order valence-electron chi connectivity index (χ1n) is 8.51. The lowest BCUT2D eigenvalue weighted by molar-refractivity contribution is 0.0981. The molecule has 118 valence electrons. The highest BCUT2D eigenvalue weighted by molar-refractivity contribution is 4.94. The van der Waals surface area contributed by atoms with Gasteiger partial charge in [-0.1, -0.05) is 13.3 Å². The molecule has 0 aromatic rings. The standard InChI is InChI=1S/C17H34N2O/c1-5-6-10-19(15-7-8-15)13-17(9-11-20-14-17)12-18-16(2,3)4/h15,18H,5-14H2,1-4H3. The molecule has 0 spiro atoms. The van der Waals surface area contributed by atoms with Gasteiger partial charge in [0.05, 0.1) is 6.61 Å². The fourth-order valence-corrected chi connectivity index (χ4v) is 3.04. The maximum Gasteiger partial charge on any atom is 0.0547 e. The summed E-state index contributed by atoms with van der Waals surface area (Å²) in [6.07, 6.45) is 6.67. The summed E-state index contributed by atoms with van der Waals surface area (Å²) >= 11 is 0. The number of ether oxygens (including phenoxy) is 1. The van der Waals surface area contributed by atoms with Crippen LogP contribution in [0.3, 0.4) is 0 Å². The van der Waals surface area contributed by atoms with Crippen LogP contribution in [0.15, 0.2) is 0 Å². The minimum Gasteiger partial charge on any atom is -0.381 e. The molecule has 2 aliphatic rings. The Kier molecular flexibility index (Phi) is 5.49. The van der Waals surface area contributed by atoms with E-state index in [1.54, 1.807) is 0 Å². The molecule has 1 saturated carbocycles. The summed E-state index contributed by atoms with van der Waals surface area (Å²) in [6.45, 7) is 14.5. The van der Waals surface area contributed by atoms with Crippen LogP contribution in [0.2, 0.25) is 0 Å². The molecule has 3 heteroatoms. The number of nitrogens with zero attached hydrogens (tertiary/aromatic N) is 1. The molecule has 0 bridgehead atoms. The van der Waals surface area contributed by atoms with Gasteiger partial charge in [0, 0.05) is 36.7 Å². The van der Waals surface area contributed by atoms with Gasteiger partial charge in [0.2, 0.25) is 0 Å². The van der Waals surface area contributed by atoms with Crippen molar-refractivity contribution in [3.05, 3.63) is 0 Å². The molecule has 1 heterocycles. The van der Waals surface area contributed by atoms with Crippen molar-refractivity contribution in [3.63, 3.8) is 0 Å². The molecule has 1 aliphatic carbocycles. The van der Waals surface area contributed by atoms with Gasteiger partial charge in [0.25, 0.3) is 0 Å². The van der Waals surface area contributed by atoms with Gasteiger partial charge in [-0.15, -0.1) is 0 Å². The molecule has 0 aromatic carbocycles.